The van der Waals surface area contributed by atoms with Crippen LogP contribution >= 0.6 is 7.82 Å². The molecular formula is C67H129NO8P+. The summed E-state index contributed by atoms with van der Waals surface area (Å²) in [5.41, 5.74) is 0. The molecule has 454 valence electrons. The molecule has 0 fully saturated rings. The Labute approximate surface area is 478 Å². The number of rotatable bonds is 62. The van der Waals surface area contributed by atoms with Gasteiger partial charge in [-0.05, 0) is 51.4 Å². The molecule has 0 aromatic carbocycles. The Bertz CT molecular complexity index is 1390. The van der Waals surface area contributed by atoms with Crippen molar-refractivity contribution in [3.8, 4) is 0 Å². The first-order valence-corrected chi connectivity index (χ1v) is 34.7. The summed E-state index contributed by atoms with van der Waals surface area (Å²) in [5.74, 6) is -0.781. The number of phosphoric acid groups is 1. The summed E-state index contributed by atoms with van der Waals surface area (Å²) >= 11 is 0. The zero-order chi connectivity index (χ0) is 56.3. The van der Waals surface area contributed by atoms with Crippen LogP contribution < -0.4 is 0 Å². The normalized spacial score (nSPS) is 13.4. The van der Waals surface area contributed by atoms with E-state index >= 15 is 0 Å². The fourth-order valence-corrected chi connectivity index (χ4v) is 10.5. The van der Waals surface area contributed by atoms with E-state index < -0.39 is 26.5 Å². The Kier molecular flexibility index (Phi) is 57.5. The van der Waals surface area contributed by atoms with Crippen molar-refractivity contribution in [2.24, 2.45) is 0 Å². The van der Waals surface area contributed by atoms with Crippen LogP contribution in [0.2, 0.25) is 0 Å². The van der Waals surface area contributed by atoms with Gasteiger partial charge in [-0.1, -0.05) is 301 Å². The molecule has 0 bridgehead atoms. The lowest BCUT2D eigenvalue weighted by Gasteiger charge is -2.24. The Morgan fingerprint density at radius 2 is 0.701 bits per heavy atom. The lowest BCUT2D eigenvalue weighted by atomic mass is 10.0. The summed E-state index contributed by atoms with van der Waals surface area (Å²) in [6, 6.07) is 0. The largest absolute Gasteiger partial charge is 0.472 e. The van der Waals surface area contributed by atoms with Gasteiger partial charge in [-0.25, -0.2) is 4.57 Å². The maximum atomic E-state index is 12.9. The second-order valence-electron chi connectivity index (χ2n) is 23.9. The van der Waals surface area contributed by atoms with E-state index in [1.165, 1.54) is 250 Å². The van der Waals surface area contributed by atoms with Crippen LogP contribution in [0.1, 0.15) is 328 Å². The highest BCUT2D eigenvalue weighted by Crippen LogP contribution is 2.43. The second kappa shape index (κ2) is 58.9. The number of esters is 2. The minimum Gasteiger partial charge on any atom is -0.462 e. The summed E-state index contributed by atoms with van der Waals surface area (Å²) in [4.78, 5) is 35.8. The molecule has 2 atom stereocenters. The first-order valence-electron chi connectivity index (χ1n) is 33.2. The van der Waals surface area contributed by atoms with Crippen LogP contribution in [-0.2, 0) is 32.7 Å². The van der Waals surface area contributed by atoms with Crippen molar-refractivity contribution in [2.45, 2.75) is 335 Å². The van der Waals surface area contributed by atoms with Crippen LogP contribution in [0.15, 0.2) is 36.5 Å². The van der Waals surface area contributed by atoms with Gasteiger partial charge in [-0.2, -0.15) is 0 Å². The molecule has 0 aliphatic heterocycles. The Morgan fingerprint density at radius 1 is 0.403 bits per heavy atom. The summed E-state index contributed by atoms with van der Waals surface area (Å²) in [5, 5.41) is 0. The molecule has 77 heavy (non-hydrogen) atoms. The van der Waals surface area contributed by atoms with Crippen LogP contribution in [0.3, 0.4) is 0 Å². The number of carbonyl (C=O) groups excluding carboxylic acids is 2. The average Bonchev–Trinajstić information content (AvgIpc) is 3.39. The van der Waals surface area contributed by atoms with Crippen LogP contribution in [0.25, 0.3) is 0 Å². The van der Waals surface area contributed by atoms with Crippen molar-refractivity contribution >= 4 is 19.8 Å². The third kappa shape index (κ3) is 63.3. The van der Waals surface area contributed by atoms with Gasteiger partial charge >= 0.3 is 19.8 Å². The standard InChI is InChI=1S/C67H128NO8P/c1-6-8-10-12-14-16-18-20-22-24-26-28-30-32-34-36-38-40-42-44-46-48-50-52-54-56-58-60-67(70)76-65(64-75-77(71,72)74-62-61-68(3,4)5)63-73-66(69)59-57-55-53-51-49-47-45-43-41-39-37-35-33-31-29-27-25-23-21-19-17-15-13-11-9-7-2/h18,20,24,26,30,32,65H,6-17,19,21-23,25,27-29,31,33-64H2,1-5H3/p+1/b20-18-,26-24-,32-30-. The minimum absolute atomic E-state index is 0.0333. The molecule has 0 saturated carbocycles. The molecule has 0 aromatic heterocycles. The highest BCUT2D eigenvalue weighted by atomic mass is 31.2. The highest BCUT2D eigenvalue weighted by Gasteiger charge is 2.27. The van der Waals surface area contributed by atoms with Crippen molar-refractivity contribution in [3.05, 3.63) is 36.5 Å². The molecule has 0 amide bonds. The summed E-state index contributed by atoms with van der Waals surface area (Å²) in [7, 11) is 1.49. The second-order valence-corrected chi connectivity index (χ2v) is 25.3. The van der Waals surface area contributed by atoms with Crippen LogP contribution in [0, 0.1) is 0 Å². The first-order chi connectivity index (χ1) is 37.5. The number of hydrogen-bond donors (Lipinski definition) is 1. The van der Waals surface area contributed by atoms with Gasteiger partial charge in [0.2, 0.25) is 0 Å². The van der Waals surface area contributed by atoms with Crippen molar-refractivity contribution in [3.63, 3.8) is 0 Å². The van der Waals surface area contributed by atoms with Gasteiger partial charge in [-0.15, -0.1) is 0 Å². The summed E-state index contributed by atoms with van der Waals surface area (Å²) < 4.78 is 34.7. The predicted octanol–water partition coefficient (Wildman–Crippen LogP) is 21.1. The van der Waals surface area contributed by atoms with E-state index in [-0.39, 0.29) is 25.6 Å². The van der Waals surface area contributed by atoms with Gasteiger partial charge in [-0.3, -0.25) is 18.6 Å². The van der Waals surface area contributed by atoms with E-state index in [1.54, 1.807) is 0 Å². The fourth-order valence-electron chi connectivity index (χ4n) is 9.79. The molecule has 0 saturated heterocycles. The lowest BCUT2D eigenvalue weighted by molar-refractivity contribution is -0.870. The van der Waals surface area contributed by atoms with Gasteiger partial charge in [0.25, 0.3) is 0 Å². The molecule has 0 aliphatic carbocycles. The van der Waals surface area contributed by atoms with Gasteiger partial charge < -0.3 is 18.9 Å². The zero-order valence-electron chi connectivity index (χ0n) is 51.7. The van der Waals surface area contributed by atoms with E-state index in [1.807, 2.05) is 21.1 Å². The summed E-state index contributed by atoms with van der Waals surface area (Å²) in [6.07, 6.45) is 73.8. The van der Waals surface area contributed by atoms with Gasteiger partial charge in [0, 0.05) is 12.8 Å². The topological polar surface area (TPSA) is 108 Å². The van der Waals surface area contributed by atoms with Gasteiger partial charge in [0.15, 0.2) is 6.10 Å². The maximum Gasteiger partial charge on any atom is 0.472 e. The molecule has 0 rings (SSSR count). The minimum atomic E-state index is -4.39. The number of ether oxygens (including phenoxy) is 2. The maximum absolute atomic E-state index is 12.9. The third-order valence-electron chi connectivity index (χ3n) is 14.9. The van der Waals surface area contributed by atoms with Crippen LogP contribution in [0.5, 0.6) is 0 Å². The third-order valence-corrected chi connectivity index (χ3v) is 15.9. The van der Waals surface area contributed by atoms with Gasteiger partial charge in [0.1, 0.15) is 19.8 Å². The zero-order valence-corrected chi connectivity index (χ0v) is 52.6. The van der Waals surface area contributed by atoms with Crippen molar-refractivity contribution in [1.29, 1.82) is 0 Å². The number of unbranched alkanes of at least 4 members (excludes halogenated alkanes) is 42. The molecule has 2 unspecified atom stereocenters. The molecule has 0 radical (unpaired) electrons. The Hall–Kier alpha value is -1.77. The number of carbonyl (C=O) groups is 2. The van der Waals surface area contributed by atoms with E-state index in [2.05, 4.69) is 50.3 Å². The Balaban J connectivity index is 4.06. The molecule has 0 heterocycles. The molecular weight excluding hydrogens is 978 g/mol. The van der Waals surface area contributed by atoms with Crippen molar-refractivity contribution in [2.75, 3.05) is 47.5 Å². The van der Waals surface area contributed by atoms with E-state index in [4.69, 9.17) is 18.5 Å². The highest BCUT2D eigenvalue weighted by molar-refractivity contribution is 7.47. The molecule has 0 aliphatic rings. The molecule has 1 N–H and O–H groups in total. The number of quaternary nitrogens is 1. The van der Waals surface area contributed by atoms with Crippen LogP contribution in [-0.4, -0.2) is 74.9 Å². The molecule has 10 heteroatoms. The van der Waals surface area contributed by atoms with Crippen molar-refractivity contribution in [1.82, 2.24) is 0 Å². The molecule has 0 aromatic rings. The van der Waals surface area contributed by atoms with E-state index in [0.717, 1.165) is 44.9 Å². The molecule has 9 nitrogen and oxygen atoms in total. The van der Waals surface area contributed by atoms with E-state index in [9.17, 15) is 19.0 Å². The van der Waals surface area contributed by atoms with E-state index in [0.29, 0.717) is 23.9 Å². The number of phosphoric ester groups is 1. The fraction of sp³-hybridized carbons (Fsp3) is 0.881. The predicted molar refractivity (Wildman–Crippen MR) is 330 cm³/mol. The number of nitrogens with zero attached hydrogens (tertiary/aromatic N) is 1. The molecule has 0 spiro atoms. The first kappa shape index (κ1) is 75.2. The van der Waals surface area contributed by atoms with Gasteiger partial charge in [0.05, 0.1) is 27.7 Å². The van der Waals surface area contributed by atoms with Crippen molar-refractivity contribution < 1.29 is 42.1 Å². The Morgan fingerprint density at radius 3 is 1.04 bits per heavy atom. The monoisotopic (exact) mass is 1110 g/mol. The number of allylic oxidation sites excluding steroid dienone is 6. The average molecular weight is 1110 g/mol. The number of hydrogen-bond acceptors (Lipinski definition) is 7. The summed E-state index contributed by atoms with van der Waals surface area (Å²) in [6.45, 7) is 4.48. The smallest absolute Gasteiger partial charge is 0.462 e. The van der Waals surface area contributed by atoms with Crippen LogP contribution in [0.4, 0.5) is 0 Å². The quantitative estimate of drug-likeness (QED) is 0.0211. The SMILES string of the molecule is CCCCCCC/C=C\C/C=C\C/C=C\CCCCCCCCCCCCCCC(=O)OC(COC(=O)CCCCCCCCCCCCCCCCCCCCCCCCCCCC)COP(=O)(O)OCC[N+](C)(C)C. The lowest BCUT2D eigenvalue weighted by Crippen LogP contribution is -2.37. The number of likely N-dealkylation sites (N-methyl/N-ethyl adjacent to an activating group) is 1.